The van der Waals surface area contributed by atoms with Gasteiger partial charge in [0.1, 0.15) is 18.3 Å². The fourth-order valence-electron chi connectivity index (χ4n) is 8.24. The molecule has 4 atom stereocenters. The molecule has 0 aliphatic carbocycles. The number of aliphatic hydroxyl groups is 1. The number of hydrogen-bond donors (Lipinski definition) is 16. The maximum Gasteiger partial charge on any atom is 0.344 e. The van der Waals surface area contributed by atoms with Crippen molar-refractivity contribution in [1.29, 1.82) is 0 Å². The number of cyclic esters (lactones) is 2. The van der Waals surface area contributed by atoms with Crippen LogP contribution >= 0.6 is 0 Å². The van der Waals surface area contributed by atoms with Gasteiger partial charge in [0.15, 0.2) is 99.0 Å². The molecule has 0 bridgehead atoms. The van der Waals surface area contributed by atoms with Crippen molar-refractivity contribution >= 4 is 62.9 Å². The van der Waals surface area contributed by atoms with Crippen LogP contribution in [0.5, 0.6) is 97.7 Å². The van der Waals surface area contributed by atoms with E-state index in [0.717, 1.165) is 6.07 Å². The van der Waals surface area contributed by atoms with Gasteiger partial charge < -0.3 is 114 Å². The van der Waals surface area contributed by atoms with Crippen LogP contribution in [0.3, 0.4) is 0 Å². The van der Waals surface area contributed by atoms with Crippen molar-refractivity contribution in [2.45, 2.75) is 24.4 Å². The second-order valence-corrected chi connectivity index (χ2v) is 16.6. The molecule has 0 fully saturated rings. The predicted molar refractivity (Wildman–Crippen MR) is 247 cm³/mol. The summed E-state index contributed by atoms with van der Waals surface area (Å²) in [6, 6.07) is 3.30. The monoisotopic (exact) mass is 1090 g/mol. The van der Waals surface area contributed by atoms with E-state index in [0.29, 0.717) is 30.3 Å². The Morgan fingerprint density at radius 1 is 0.538 bits per heavy atom. The summed E-state index contributed by atoms with van der Waals surface area (Å²) < 4.78 is 37.1. The fourth-order valence-corrected chi connectivity index (χ4v) is 8.24. The number of phenols is 15. The van der Waals surface area contributed by atoms with Gasteiger partial charge >= 0.3 is 35.1 Å². The molecule has 402 valence electrons. The van der Waals surface area contributed by atoms with E-state index in [4.69, 9.17) is 32.5 Å². The van der Waals surface area contributed by atoms with Crippen LogP contribution in [0.1, 0.15) is 41.4 Å². The summed E-state index contributed by atoms with van der Waals surface area (Å²) in [7, 11) is 0. The van der Waals surface area contributed by atoms with Crippen molar-refractivity contribution in [1.82, 2.24) is 0 Å². The van der Waals surface area contributed by atoms with Crippen molar-refractivity contribution < 1.29 is 138 Å². The highest BCUT2D eigenvalue weighted by Crippen LogP contribution is 2.54. The van der Waals surface area contributed by atoms with Crippen molar-refractivity contribution in [2.75, 3.05) is 6.61 Å². The number of hydrogen-bond acceptors (Lipinski definition) is 30. The third-order valence-corrected chi connectivity index (χ3v) is 12.0. The van der Waals surface area contributed by atoms with Gasteiger partial charge in [-0.25, -0.2) is 28.8 Å². The Labute approximate surface area is 425 Å². The Hall–Kier alpha value is -11.4. The number of esters is 4. The summed E-state index contributed by atoms with van der Waals surface area (Å²) in [6.45, 7) is -1.48. The van der Waals surface area contributed by atoms with Gasteiger partial charge in [-0.15, -0.1) is 0 Å². The molecule has 0 radical (unpaired) electrons. The number of carbonyl (C=O) groups excluding carboxylic acids is 5. The molecule has 0 amide bonds. The zero-order valence-electron chi connectivity index (χ0n) is 38.0. The number of aliphatic hydroxyl groups excluding tert-OH is 1. The van der Waals surface area contributed by atoms with Gasteiger partial charge in [0.2, 0.25) is 34.5 Å². The van der Waals surface area contributed by atoms with E-state index in [9.17, 15) is 115 Å². The summed E-state index contributed by atoms with van der Waals surface area (Å²) in [4.78, 5) is 95.9. The molecule has 78 heavy (non-hydrogen) atoms. The number of fused-ring (bicyclic) bond motifs is 3. The number of benzene rings is 6. The molecule has 0 spiro atoms. The van der Waals surface area contributed by atoms with Crippen LogP contribution in [0, 0.1) is 0 Å². The largest absolute Gasteiger partial charge is 0.504 e. The molecule has 9 rings (SSSR count). The normalized spacial score (nSPS) is 15.3. The first-order chi connectivity index (χ1) is 36.7. The van der Waals surface area contributed by atoms with E-state index in [1.165, 1.54) is 0 Å². The first-order valence-corrected chi connectivity index (χ1v) is 21.4. The van der Waals surface area contributed by atoms with Gasteiger partial charge in [-0.3, -0.25) is 4.79 Å². The first kappa shape index (κ1) is 51.5. The summed E-state index contributed by atoms with van der Waals surface area (Å²) >= 11 is 0. The Balaban J connectivity index is 1.17. The highest BCUT2D eigenvalue weighted by molar-refractivity contribution is 6.22. The van der Waals surface area contributed by atoms with Crippen molar-refractivity contribution in [2.24, 2.45) is 0 Å². The summed E-state index contributed by atoms with van der Waals surface area (Å²) in [5.41, 5.74) is -11.1. The molecule has 8 aromatic rings. The average Bonchev–Trinajstić information content (AvgIpc) is 3.61. The Kier molecular flexibility index (Phi) is 12.2. The van der Waals surface area contributed by atoms with Crippen LogP contribution in [0.4, 0.5) is 0 Å². The van der Waals surface area contributed by atoms with Crippen molar-refractivity contribution in [3.05, 3.63) is 85.6 Å². The van der Waals surface area contributed by atoms with Gasteiger partial charge in [-0.1, -0.05) is 0 Å². The molecular weight excluding hydrogens is 1060 g/mol. The molecule has 0 saturated heterocycles. The minimum absolute atomic E-state index is 0.276. The van der Waals surface area contributed by atoms with Gasteiger partial charge in [0.25, 0.3) is 0 Å². The molecule has 6 aromatic carbocycles. The van der Waals surface area contributed by atoms with Crippen LogP contribution in [0.2, 0.25) is 0 Å². The van der Waals surface area contributed by atoms with Gasteiger partial charge in [-0.05, 0) is 30.3 Å². The molecule has 2 aromatic heterocycles. The Bertz CT molecular complexity index is 4050. The standard InChI is InChI=1S/C48H30O30/c49-8-24(74-48(71)15-6-20(54)32(60)37(65)38(15)73-23-7-14-28-27-13(46(69)78-42(28)34(23)62)5-21(55)33(61)41(27)77-47(14)70)40(76-43(66)10-1-16(50)29(57)17(51)2-10)39-22(56)9-72-44(67)11-3-18(52)30(58)35(63)25(11)26-12(45(68)75-39)4-19(53)31(59)36(26)64/h1-8,22,24,39-40,50-65H,9H2. The van der Waals surface area contributed by atoms with E-state index in [2.05, 4.69) is 0 Å². The first-order valence-electron chi connectivity index (χ1n) is 21.4. The fraction of sp³-hybridized carbons (Fsp3) is 0.104. The molecule has 30 heteroatoms. The molecule has 30 nitrogen and oxygen atoms in total. The number of aromatic hydroxyl groups is 15. The number of rotatable bonds is 9. The third kappa shape index (κ3) is 8.09. The molecular formula is C48H30O30. The zero-order valence-corrected chi connectivity index (χ0v) is 38.0. The Morgan fingerprint density at radius 2 is 1.03 bits per heavy atom. The molecule has 4 unspecified atom stereocenters. The zero-order chi connectivity index (χ0) is 56.8. The second kappa shape index (κ2) is 18.5. The van der Waals surface area contributed by atoms with E-state index < -0.39 is 231 Å². The number of aldehydes is 1. The van der Waals surface area contributed by atoms with E-state index in [-0.39, 0.29) is 11.5 Å². The smallest absolute Gasteiger partial charge is 0.344 e. The highest BCUT2D eigenvalue weighted by atomic mass is 16.6. The minimum atomic E-state index is -2.88. The van der Waals surface area contributed by atoms with E-state index in [1.54, 1.807) is 0 Å². The SMILES string of the molecule is O=CC(OC(=O)c1cc(O)c(O)c(O)c1Oc1cc2c(=O)oc3c(O)c(O)cc4c(=O)oc(c1O)c2c34)C(OC(=O)c1cc(O)c(O)c(O)c1)C1OC(=O)c2cc(O)c(O)c(O)c2-c2c(cc(O)c(O)c2O)C(=O)OCC1O. The molecule has 16 N–H and O–H groups in total. The molecule has 0 saturated carbocycles. The summed E-state index contributed by atoms with van der Waals surface area (Å²) in [6.07, 6.45) is -11.6. The quantitative estimate of drug-likeness (QED) is 0.0246. The number of ether oxygens (including phenoxy) is 5. The lowest BCUT2D eigenvalue weighted by atomic mass is 9.92. The summed E-state index contributed by atoms with van der Waals surface area (Å²) in [5.74, 6) is -29.6. The van der Waals surface area contributed by atoms with Crippen LogP contribution < -0.4 is 16.0 Å². The van der Waals surface area contributed by atoms with Gasteiger partial charge in [-0.2, -0.15) is 0 Å². The Morgan fingerprint density at radius 3 is 1.59 bits per heavy atom. The van der Waals surface area contributed by atoms with Crippen LogP contribution in [0.25, 0.3) is 43.8 Å². The van der Waals surface area contributed by atoms with Gasteiger partial charge in [0.05, 0.1) is 27.5 Å². The van der Waals surface area contributed by atoms with Gasteiger partial charge in [0, 0.05) is 34.0 Å². The van der Waals surface area contributed by atoms with Crippen LogP contribution in [-0.2, 0) is 23.7 Å². The second-order valence-electron chi connectivity index (χ2n) is 16.6. The van der Waals surface area contributed by atoms with Crippen molar-refractivity contribution in [3.63, 3.8) is 0 Å². The maximum atomic E-state index is 14.4. The lowest BCUT2D eigenvalue weighted by Gasteiger charge is -2.32. The predicted octanol–water partition coefficient (Wildman–Crippen LogP) is 2.24. The van der Waals surface area contributed by atoms with E-state index >= 15 is 0 Å². The maximum absolute atomic E-state index is 14.4. The van der Waals surface area contributed by atoms with Crippen LogP contribution in [0.15, 0.2) is 60.9 Å². The molecule has 1 aliphatic rings. The van der Waals surface area contributed by atoms with E-state index in [1.807, 2.05) is 0 Å². The topological polar surface area (TPSA) is 516 Å². The van der Waals surface area contributed by atoms with Crippen LogP contribution in [-0.4, -0.2) is 143 Å². The number of carbonyl (C=O) groups is 5. The highest BCUT2D eigenvalue weighted by Gasteiger charge is 2.46. The molecule has 3 heterocycles. The lowest BCUT2D eigenvalue weighted by molar-refractivity contribution is -0.142. The minimum Gasteiger partial charge on any atom is -0.504 e. The summed E-state index contributed by atoms with van der Waals surface area (Å²) in [5, 5.41) is 168. The lowest BCUT2D eigenvalue weighted by Crippen LogP contribution is -2.52. The third-order valence-electron chi connectivity index (χ3n) is 12.0. The molecule has 1 aliphatic heterocycles. The average molecular weight is 1090 g/mol. The van der Waals surface area contributed by atoms with Crippen molar-refractivity contribution in [3.8, 4) is 109 Å². The number of phenolic OH excluding ortho intramolecular Hbond substituents is 15.